The number of aromatic nitrogens is 2. The van der Waals surface area contributed by atoms with Gasteiger partial charge in [0.15, 0.2) is 0 Å². The molecule has 1 aromatic heterocycles. The van der Waals surface area contributed by atoms with Crippen LogP contribution in [0.4, 0.5) is 5.69 Å². The first kappa shape index (κ1) is 21.7. The predicted molar refractivity (Wildman–Crippen MR) is 133 cm³/mol. The topological polar surface area (TPSA) is 70.2 Å². The van der Waals surface area contributed by atoms with Crippen molar-refractivity contribution in [1.82, 2.24) is 9.55 Å². The van der Waals surface area contributed by atoms with Crippen molar-refractivity contribution in [1.29, 1.82) is 0 Å². The van der Waals surface area contributed by atoms with Crippen LogP contribution in [0, 0.1) is 10.1 Å². The van der Waals surface area contributed by atoms with Gasteiger partial charge in [0.05, 0.1) is 16.0 Å². The highest BCUT2D eigenvalue weighted by molar-refractivity contribution is 6.30. The second kappa shape index (κ2) is 9.37. The van der Waals surface area contributed by atoms with Gasteiger partial charge < -0.3 is 9.30 Å². The zero-order valence-electron chi connectivity index (χ0n) is 18.1. The number of fused-ring (bicyclic) bond motifs is 1. The summed E-state index contributed by atoms with van der Waals surface area (Å²) in [5, 5.41) is 11.8. The van der Waals surface area contributed by atoms with Crippen LogP contribution in [0.25, 0.3) is 22.4 Å². The van der Waals surface area contributed by atoms with Crippen LogP contribution in [0.15, 0.2) is 97.1 Å². The van der Waals surface area contributed by atoms with E-state index in [0.29, 0.717) is 18.2 Å². The maximum absolute atomic E-state index is 11.1. The maximum Gasteiger partial charge on any atom is 0.269 e. The molecule has 0 aliphatic rings. The standard InChI is InChI=1S/C27H20ClN3O3/c28-22-10-6-19(7-11-22)17-30-26-15-14-24(34-18-20-4-2-1-3-5-20)16-25(26)29-27(30)21-8-12-23(13-9-21)31(32)33/h1-16H,17-18H2. The van der Waals surface area contributed by atoms with Crippen molar-refractivity contribution in [3.8, 4) is 17.1 Å². The number of ether oxygens (including phenoxy) is 1. The Morgan fingerprint density at radius 3 is 2.32 bits per heavy atom. The predicted octanol–water partition coefficient (Wildman–Crippen LogP) is 6.89. The Balaban J connectivity index is 1.53. The first-order valence-corrected chi connectivity index (χ1v) is 11.1. The van der Waals surface area contributed by atoms with E-state index in [1.165, 1.54) is 12.1 Å². The van der Waals surface area contributed by atoms with E-state index in [4.69, 9.17) is 21.3 Å². The molecule has 6 nitrogen and oxygen atoms in total. The summed E-state index contributed by atoms with van der Waals surface area (Å²) in [6, 6.07) is 29.9. The number of nitrogens with zero attached hydrogens (tertiary/aromatic N) is 3. The summed E-state index contributed by atoms with van der Waals surface area (Å²) >= 11 is 6.06. The van der Waals surface area contributed by atoms with Gasteiger partial charge in [0.25, 0.3) is 5.69 Å². The number of imidazole rings is 1. The minimum absolute atomic E-state index is 0.0423. The molecule has 0 spiro atoms. The van der Waals surface area contributed by atoms with Gasteiger partial charge in [0, 0.05) is 35.3 Å². The van der Waals surface area contributed by atoms with Crippen molar-refractivity contribution < 1.29 is 9.66 Å². The van der Waals surface area contributed by atoms with Crippen molar-refractivity contribution >= 4 is 28.3 Å². The summed E-state index contributed by atoms with van der Waals surface area (Å²) in [7, 11) is 0. The Labute approximate surface area is 201 Å². The third kappa shape index (κ3) is 4.63. The van der Waals surface area contributed by atoms with Gasteiger partial charge in [-0.25, -0.2) is 4.98 Å². The van der Waals surface area contributed by atoms with Crippen LogP contribution in [0.3, 0.4) is 0 Å². The summed E-state index contributed by atoms with van der Waals surface area (Å²) in [6.45, 7) is 1.04. The van der Waals surface area contributed by atoms with Crippen LogP contribution in [0.5, 0.6) is 5.75 Å². The van der Waals surface area contributed by atoms with E-state index in [-0.39, 0.29) is 5.69 Å². The molecule has 0 saturated carbocycles. The summed E-state index contributed by atoms with van der Waals surface area (Å²) in [5.41, 5.74) is 4.71. The molecule has 0 aliphatic heterocycles. The van der Waals surface area contributed by atoms with E-state index >= 15 is 0 Å². The van der Waals surface area contributed by atoms with E-state index in [0.717, 1.165) is 39.3 Å². The van der Waals surface area contributed by atoms with Gasteiger partial charge >= 0.3 is 0 Å². The maximum atomic E-state index is 11.1. The van der Waals surface area contributed by atoms with Gasteiger partial charge in [-0.2, -0.15) is 0 Å². The zero-order chi connectivity index (χ0) is 23.5. The molecule has 5 rings (SSSR count). The Kier molecular flexibility index (Phi) is 5.97. The van der Waals surface area contributed by atoms with Crippen LogP contribution in [0.1, 0.15) is 11.1 Å². The van der Waals surface area contributed by atoms with Crippen LogP contribution in [-0.4, -0.2) is 14.5 Å². The molecular formula is C27H20ClN3O3. The Morgan fingerprint density at radius 2 is 1.62 bits per heavy atom. The molecule has 0 fully saturated rings. The highest BCUT2D eigenvalue weighted by atomic mass is 35.5. The number of rotatable bonds is 7. The first-order chi connectivity index (χ1) is 16.6. The fourth-order valence-electron chi connectivity index (χ4n) is 3.83. The minimum Gasteiger partial charge on any atom is -0.489 e. The molecule has 1 heterocycles. The lowest BCUT2D eigenvalue weighted by molar-refractivity contribution is -0.384. The fraction of sp³-hybridized carbons (Fsp3) is 0.0741. The van der Waals surface area contributed by atoms with Crippen molar-refractivity contribution in [2.45, 2.75) is 13.2 Å². The van der Waals surface area contributed by atoms with Crippen molar-refractivity contribution in [2.75, 3.05) is 0 Å². The molecule has 0 bridgehead atoms. The molecule has 0 amide bonds. The fourth-order valence-corrected chi connectivity index (χ4v) is 3.95. The number of nitro groups is 1. The van der Waals surface area contributed by atoms with Gasteiger partial charge in [0.1, 0.15) is 18.2 Å². The monoisotopic (exact) mass is 469 g/mol. The number of hydrogen-bond donors (Lipinski definition) is 0. The lowest BCUT2D eigenvalue weighted by Gasteiger charge is -2.10. The highest BCUT2D eigenvalue weighted by Crippen LogP contribution is 2.30. The second-order valence-corrected chi connectivity index (χ2v) is 8.31. The Morgan fingerprint density at radius 1 is 0.882 bits per heavy atom. The summed E-state index contributed by atoms with van der Waals surface area (Å²) in [5.74, 6) is 1.45. The summed E-state index contributed by atoms with van der Waals surface area (Å²) in [4.78, 5) is 15.6. The van der Waals surface area contributed by atoms with Crippen molar-refractivity contribution in [3.63, 3.8) is 0 Å². The molecule has 4 aromatic carbocycles. The van der Waals surface area contributed by atoms with Crippen LogP contribution in [0.2, 0.25) is 5.02 Å². The average molecular weight is 470 g/mol. The zero-order valence-corrected chi connectivity index (χ0v) is 18.9. The second-order valence-electron chi connectivity index (χ2n) is 7.88. The molecule has 0 unspecified atom stereocenters. The third-order valence-corrected chi connectivity index (χ3v) is 5.81. The molecule has 0 aliphatic carbocycles. The van der Waals surface area contributed by atoms with E-state index in [1.807, 2.05) is 72.8 Å². The summed E-state index contributed by atoms with van der Waals surface area (Å²) < 4.78 is 8.09. The number of halogens is 1. The normalized spacial score (nSPS) is 11.0. The molecule has 34 heavy (non-hydrogen) atoms. The molecule has 0 N–H and O–H groups in total. The number of nitro benzene ring substituents is 1. The average Bonchev–Trinajstić information content (AvgIpc) is 3.22. The van der Waals surface area contributed by atoms with Gasteiger partial charge in [-0.15, -0.1) is 0 Å². The van der Waals surface area contributed by atoms with E-state index in [1.54, 1.807) is 12.1 Å². The van der Waals surface area contributed by atoms with Crippen LogP contribution < -0.4 is 4.74 Å². The minimum atomic E-state index is -0.406. The van der Waals surface area contributed by atoms with Crippen molar-refractivity contribution in [3.05, 3.63) is 123 Å². The molecule has 0 atom stereocenters. The van der Waals surface area contributed by atoms with Gasteiger partial charge in [0.2, 0.25) is 0 Å². The third-order valence-electron chi connectivity index (χ3n) is 5.56. The van der Waals surface area contributed by atoms with E-state index in [9.17, 15) is 10.1 Å². The Hall–Kier alpha value is -4.16. The number of benzene rings is 4. The summed E-state index contributed by atoms with van der Waals surface area (Å²) in [6.07, 6.45) is 0. The first-order valence-electron chi connectivity index (χ1n) is 10.7. The van der Waals surface area contributed by atoms with Crippen LogP contribution >= 0.6 is 11.6 Å². The smallest absolute Gasteiger partial charge is 0.269 e. The van der Waals surface area contributed by atoms with Crippen LogP contribution in [-0.2, 0) is 13.2 Å². The lowest BCUT2D eigenvalue weighted by Crippen LogP contribution is -2.02. The van der Waals surface area contributed by atoms with Crippen molar-refractivity contribution in [2.24, 2.45) is 0 Å². The molecule has 7 heteroatoms. The SMILES string of the molecule is O=[N+]([O-])c1ccc(-c2nc3cc(OCc4ccccc4)ccc3n2Cc2ccc(Cl)cc2)cc1. The van der Waals surface area contributed by atoms with E-state index < -0.39 is 4.92 Å². The molecular weight excluding hydrogens is 450 g/mol. The molecule has 0 radical (unpaired) electrons. The molecule has 0 saturated heterocycles. The highest BCUT2D eigenvalue weighted by Gasteiger charge is 2.15. The van der Waals surface area contributed by atoms with E-state index in [2.05, 4.69) is 4.57 Å². The quantitative estimate of drug-likeness (QED) is 0.192. The number of hydrogen-bond acceptors (Lipinski definition) is 4. The van der Waals surface area contributed by atoms with Gasteiger partial charge in [-0.3, -0.25) is 10.1 Å². The van der Waals surface area contributed by atoms with Gasteiger partial charge in [-0.05, 0) is 47.5 Å². The Bertz CT molecular complexity index is 1450. The van der Waals surface area contributed by atoms with Gasteiger partial charge in [-0.1, -0.05) is 54.1 Å². The largest absolute Gasteiger partial charge is 0.489 e. The molecule has 5 aromatic rings. The number of non-ortho nitro benzene ring substituents is 1. The lowest BCUT2D eigenvalue weighted by atomic mass is 10.1. The molecule has 168 valence electrons.